The molecule has 3 atom stereocenters. The fourth-order valence-electron chi connectivity index (χ4n) is 3.80. The molecule has 1 saturated carbocycles. The number of carboxylic acid groups (broad SMARTS) is 1. The maximum Gasteiger partial charge on any atom is 0.446 e. The van der Waals surface area contributed by atoms with Crippen molar-refractivity contribution in [3.63, 3.8) is 0 Å². The van der Waals surface area contributed by atoms with E-state index in [1.54, 1.807) is 0 Å². The van der Waals surface area contributed by atoms with Crippen LogP contribution in [0.25, 0.3) is 0 Å². The van der Waals surface area contributed by atoms with Gasteiger partial charge in [-0.25, -0.2) is 4.79 Å². The molecule has 1 aromatic rings. The van der Waals surface area contributed by atoms with Crippen LogP contribution >= 0.6 is 11.8 Å². The Labute approximate surface area is 141 Å². The number of likely N-dealkylation sites (tertiary alicyclic amines) is 1. The van der Waals surface area contributed by atoms with Gasteiger partial charge in [0.05, 0.1) is 0 Å². The first kappa shape index (κ1) is 17.1. The molecule has 0 aromatic heterocycles. The summed E-state index contributed by atoms with van der Waals surface area (Å²) in [6.07, 6.45) is 2.69. The van der Waals surface area contributed by atoms with Gasteiger partial charge in [-0.05, 0) is 60.7 Å². The Morgan fingerprint density at radius 1 is 1.17 bits per heavy atom. The third-order valence-corrected chi connectivity index (χ3v) is 5.48. The second kappa shape index (κ2) is 6.31. The average molecular weight is 359 g/mol. The van der Waals surface area contributed by atoms with Gasteiger partial charge in [-0.2, -0.15) is 13.2 Å². The Bertz CT molecular complexity index is 647. The number of carbonyl (C=O) groups excluding carboxylic acids is 1. The lowest BCUT2D eigenvalue weighted by Crippen LogP contribution is -2.43. The average Bonchev–Trinajstić information content (AvgIpc) is 3.05. The van der Waals surface area contributed by atoms with Crippen molar-refractivity contribution in [1.82, 2.24) is 4.90 Å². The number of thioether (sulfide) groups is 1. The van der Waals surface area contributed by atoms with Gasteiger partial charge < -0.3 is 10.0 Å². The predicted octanol–water partition coefficient (Wildman–Crippen LogP) is 3.62. The van der Waals surface area contributed by atoms with Crippen molar-refractivity contribution in [2.24, 2.45) is 11.8 Å². The number of carboxylic acids is 1. The molecule has 0 spiro atoms. The number of nitrogens with zero attached hydrogens (tertiary/aromatic N) is 1. The number of benzene rings is 1. The van der Waals surface area contributed by atoms with Crippen LogP contribution in [0.3, 0.4) is 0 Å². The molecule has 0 bridgehead atoms. The molecule has 130 valence electrons. The molecular weight excluding hydrogens is 343 g/mol. The number of rotatable bonds is 3. The molecule has 1 saturated heterocycles. The van der Waals surface area contributed by atoms with E-state index in [0.29, 0.717) is 6.54 Å². The van der Waals surface area contributed by atoms with E-state index in [-0.39, 0.29) is 34.1 Å². The van der Waals surface area contributed by atoms with Crippen molar-refractivity contribution >= 4 is 23.6 Å². The summed E-state index contributed by atoms with van der Waals surface area (Å²) in [6.45, 7) is 0.402. The summed E-state index contributed by atoms with van der Waals surface area (Å²) < 4.78 is 37.0. The van der Waals surface area contributed by atoms with E-state index in [2.05, 4.69) is 0 Å². The van der Waals surface area contributed by atoms with Crippen LogP contribution in [-0.4, -0.2) is 40.0 Å². The van der Waals surface area contributed by atoms with Gasteiger partial charge in [0, 0.05) is 17.0 Å². The zero-order valence-corrected chi connectivity index (χ0v) is 13.4. The highest BCUT2D eigenvalue weighted by Gasteiger charge is 2.49. The Morgan fingerprint density at radius 3 is 2.42 bits per heavy atom. The number of fused-ring (bicyclic) bond motifs is 1. The highest BCUT2D eigenvalue weighted by Crippen LogP contribution is 2.43. The van der Waals surface area contributed by atoms with Gasteiger partial charge in [0.1, 0.15) is 6.04 Å². The van der Waals surface area contributed by atoms with Gasteiger partial charge in [0.15, 0.2) is 0 Å². The van der Waals surface area contributed by atoms with E-state index in [1.165, 1.54) is 29.2 Å². The number of halogens is 3. The molecule has 0 radical (unpaired) electrons. The Hall–Kier alpha value is -1.70. The normalized spacial score (nSPS) is 26.5. The molecule has 2 fully saturated rings. The van der Waals surface area contributed by atoms with E-state index < -0.39 is 23.4 Å². The largest absolute Gasteiger partial charge is 0.480 e. The molecule has 3 unspecified atom stereocenters. The molecule has 4 nitrogen and oxygen atoms in total. The second-order valence-electron chi connectivity index (χ2n) is 6.17. The highest BCUT2D eigenvalue weighted by molar-refractivity contribution is 8.00. The van der Waals surface area contributed by atoms with Gasteiger partial charge in [-0.1, -0.05) is 6.42 Å². The fourth-order valence-corrected chi connectivity index (χ4v) is 4.34. The van der Waals surface area contributed by atoms with Crippen LogP contribution in [0.1, 0.15) is 29.6 Å². The van der Waals surface area contributed by atoms with E-state index >= 15 is 0 Å². The first-order valence-electron chi connectivity index (χ1n) is 7.66. The van der Waals surface area contributed by atoms with Crippen molar-refractivity contribution in [1.29, 1.82) is 0 Å². The molecule has 3 rings (SSSR count). The van der Waals surface area contributed by atoms with Gasteiger partial charge in [-0.15, -0.1) is 0 Å². The molecule has 1 amide bonds. The van der Waals surface area contributed by atoms with Crippen LogP contribution in [0.15, 0.2) is 29.2 Å². The first-order chi connectivity index (χ1) is 11.3. The topological polar surface area (TPSA) is 57.6 Å². The van der Waals surface area contributed by atoms with Crippen molar-refractivity contribution in [3.05, 3.63) is 29.8 Å². The molecule has 2 aliphatic rings. The maximum atomic E-state index is 12.6. The number of amides is 1. The maximum absolute atomic E-state index is 12.6. The lowest BCUT2D eigenvalue weighted by atomic mass is 9.94. The molecule has 1 aliphatic heterocycles. The number of carbonyl (C=O) groups is 2. The number of hydrogen-bond donors (Lipinski definition) is 1. The van der Waals surface area contributed by atoms with Crippen LogP contribution in [0, 0.1) is 11.8 Å². The van der Waals surface area contributed by atoms with Crippen LogP contribution in [0.2, 0.25) is 0 Å². The minimum absolute atomic E-state index is 0.00729. The molecular formula is C16H16F3NO3S. The summed E-state index contributed by atoms with van der Waals surface area (Å²) in [5, 5.41) is 9.48. The Kier molecular flexibility index (Phi) is 4.50. The number of hydrogen-bond acceptors (Lipinski definition) is 3. The van der Waals surface area contributed by atoms with Gasteiger partial charge in [0.25, 0.3) is 5.91 Å². The monoisotopic (exact) mass is 359 g/mol. The van der Waals surface area contributed by atoms with Crippen molar-refractivity contribution in [2.75, 3.05) is 6.54 Å². The highest BCUT2D eigenvalue weighted by atomic mass is 32.2. The van der Waals surface area contributed by atoms with Gasteiger partial charge in [-0.3, -0.25) is 4.79 Å². The number of alkyl halides is 3. The Balaban J connectivity index is 1.77. The summed E-state index contributed by atoms with van der Waals surface area (Å²) in [5.41, 5.74) is -4.17. The third kappa shape index (κ3) is 3.38. The van der Waals surface area contributed by atoms with Crippen LogP contribution in [-0.2, 0) is 4.79 Å². The lowest BCUT2D eigenvalue weighted by molar-refractivity contribution is -0.142. The van der Waals surface area contributed by atoms with Gasteiger partial charge in [0.2, 0.25) is 0 Å². The smallest absolute Gasteiger partial charge is 0.446 e. The van der Waals surface area contributed by atoms with Crippen LogP contribution in [0.5, 0.6) is 0 Å². The first-order valence-corrected chi connectivity index (χ1v) is 8.47. The molecule has 1 N–H and O–H groups in total. The predicted molar refractivity (Wildman–Crippen MR) is 81.6 cm³/mol. The molecule has 1 aliphatic carbocycles. The summed E-state index contributed by atoms with van der Waals surface area (Å²) >= 11 is -0.247. The van der Waals surface area contributed by atoms with E-state index in [1.807, 2.05) is 0 Å². The molecule has 24 heavy (non-hydrogen) atoms. The Morgan fingerprint density at radius 2 is 1.83 bits per heavy atom. The summed E-state index contributed by atoms with van der Waals surface area (Å²) in [4.78, 5) is 25.6. The van der Waals surface area contributed by atoms with Crippen LogP contribution in [0.4, 0.5) is 13.2 Å². The zero-order chi connectivity index (χ0) is 17.5. The summed E-state index contributed by atoms with van der Waals surface area (Å²) in [5.74, 6) is -1.26. The SMILES string of the molecule is O=C(O)C1C2CCCC2CN1C(=O)c1ccc(SC(F)(F)F)cc1. The summed E-state index contributed by atoms with van der Waals surface area (Å²) in [7, 11) is 0. The molecule has 1 heterocycles. The zero-order valence-electron chi connectivity index (χ0n) is 12.6. The fraction of sp³-hybridized carbons (Fsp3) is 0.500. The molecule has 8 heteroatoms. The van der Waals surface area contributed by atoms with Crippen molar-refractivity contribution < 1.29 is 27.9 Å². The third-order valence-electron chi connectivity index (χ3n) is 4.74. The van der Waals surface area contributed by atoms with Crippen molar-refractivity contribution in [2.45, 2.75) is 35.7 Å². The molecule has 1 aromatic carbocycles. The van der Waals surface area contributed by atoms with E-state index in [0.717, 1.165) is 19.3 Å². The minimum atomic E-state index is -4.38. The second-order valence-corrected chi connectivity index (χ2v) is 7.31. The van der Waals surface area contributed by atoms with E-state index in [4.69, 9.17) is 0 Å². The lowest BCUT2D eigenvalue weighted by Gasteiger charge is -2.24. The minimum Gasteiger partial charge on any atom is -0.480 e. The number of aliphatic carboxylic acids is 1. The standard InChI is InChI=1S/C16H16F3NO3S/c17-16(18,19)24-11-6-4-9(5-7-11)14(21)20-8-10-2-1-3-12(10)13(20)15(22)23/h4-7,10,12-13H,1-3,8H2,(H,22,23). The van der Waals surface area contributed by atoms with Gasteiger partial charge >= 0.3 is 11.5 Å². The quantitative estimate of drug-likeness (QED) is 0.838. The summed E-state index contributed by atoms with van der Waals surface area (Å²) in [6, 6.07) is 4.28. The van der Waals surface area contributed by atoms with Crippen LogP contribution < -0.4 is 0 Å². The van der Waals surface area contributed by atoms with E-state index in [9.17, 15) is 27.9 Å². The van der Waals surface area contributed by atoms with Crippen molar-refractivity contribution in [3.8, 4) is 0 Å².